The fourth-order valence-corrected chi connectivity index (χ4v) is 1.65. The highest BCUT2D eigenvalue weighted by Gasteiger charge is 2.14. The van der Waals surface area contributed by atoms with E-state index in [0.29, 0.717) is 12.5 Å². The second-order valence-electron chi connectivity index (χ2n) is 3.76. The van der Waals surface area contributed by atoms with Crippen LogP contribution in [0.15, 0.2) is 0 Å². The normalized spacial score (nSPS) is 17.3. The van der Waals surface area contributed by atoms with Crippen LogP contribution in [-0.4, -0.2) is 36.7 Å². The number of hydrogen-bond acceptors (Lipinski definition) is 3. The molecule has 0 unspecified atom stereocenters. The molecule has 0 aliphatic carbocycles. The molecule has 0 spiro atoms. The molecule has 0 atom stereocenters. The predicted molar refractivity (Wildman–Crippen MR) is 53.4 cm³/mol. The minimum atomic E-state index is -1.08. The molecule has 86 valence electrons. The first kappa shape index (κ1) is 12.0. The van der Waals surface area contributed by atoms with E-state index in [9.17, 15) is 9.59 Å². The van der Waals surface area contributed by atoms with Gasteiger partial charge in [0.15, 0.2) is 0 Å². The Morgan fingerprint density at radius 3 is 2.60 bits per heavy atom. The van der Waals surface area contributed by atoms with E-state index in [0.717, 1.165) is 32.5 Å². The number of hydrogen-bond donors (Lipinski definition) is 2. The van der Waals surface area contributed by atoms with Crippen molar-refractivity contribution in [1.82, 2.24) is 5.32 Å². The van der Waals surface area contributed by atoms with E-state index in [4.69, 9.17) is 9.84 Å². The van der Waals surface area contributed by atoms with Gasteiger partial charge in [0.2, 0.25) is 5.91 Å². The van der Waals surface area contributed by atoms with Crippen LogP contribution < -0.4 is 5.32 Å². The molecule has 0 aromatic carbocycles. The van der Waals surface area contributed by atoms with Gasteiger partial charge in [-0.05, 0) is 25.2 Å². The molecule has 1 amide bonds. The molecule has 0 radical (unpaired) electrons. The standard InChI is InChI=1S/C10H17NO4/c12-9(7-10(13)14)11-4-1-8-2-5-15-6-3-8/h8H,1-7H2,(H,11,12)(H,13,14). The minimum Gasteiger partial charge on any atom is -0.481 e. The highest BCUT2D eigenvalue weighted by molar-refractivity contribution is 5.93. The van der Waals surface area contributed by atoms with E-state index in [1.807, 2.05) is 0 Å². The Bertz CT molecular complexity index is 223. The molecule has 15 heavy (non-hydrogen) atoms. The van der Waals surface area contributed by atoms with Crippen LogP contribution in [0.4, 0.5) is 0 Å². The second-order valence-corrected chi connectivity index (χ2v) is 3.76. The lowest BCUT2D eigenvalue weighted by atomic mass is 9.97. The van der Waals surface area contributed by atoms with Gasteiger partial charge in [-0.3, -0.25) is 9.59 Å². The molecule has 2 N–H and O–H groups in total. The van der Waals surface area contributed by atoms with Gasteiger partial charge in [-0.15, -0.1) is 0 Å². The van der Waals surface area contributed by atoms with Crippen LogP contribution in [0.1, 0.15) is 25.7 Å². The van der Waals surface area contributed by atoms with E-state index in [1.54, 1.807) is 0 Å². The summed E-state index contributed by atoms with van der Waals surface area (Å²) in [5.41, 5.74) is 0. The Kier molecular flexibility index (Phi) is 5.10. The van der Waals surface area contributed by atoms with Crippen molar-refractivity contribution in [1.29, 1.82) is 0 Å². The summed E-state index contributed by atoms with van der Waals surface area (Å²) in [6.07, 6.45) is 2.55. The van der Waals surface area contributed by atoms with E-state index >= 15 is 0 Å². The molecule has 5 nitrogen and oxygen atoms in total. The third-order valence-electron chi connectivity index (χ3n) is 2.53. The summed E-state index contributed by atoms with van der Waals surface area (Å²) >= 11 is 0. The fourth-order valence-electron chi connectivity index (χ4n) is 1.65. The zero-order chi connectivity index (χ0) is 11.1. The summed E-state index contributed by atoms with van der Waals surface area (Å²) in [4.78, 5) is 21.2. The Morgan fingerprint density at radius 1 is 1.33 bits per heavy atom. The molecular weight excluding hydrogens is 198 g/mol. The largest absolute Gasteiger partial charge is 0.481 e. The van der Waals surface area contributed by atoms with E-state index in [1.165, 1.54) is 0 Å². The van der Waals surface area contributed by atoms with Crippen LogP contribution in [0.5, 0.6) is 0 Å². The quantitative estimate of drug-likeness (QED) is 0.651. The van der Waals surface area contributed by atoms with Gasteiger partial charge < -0.3 is 15.2 Å². The van der Waals surface area contributed by atoms with Crippen LogP contribution in [0.3, 0.4) is 0 Å². The molecule has 1 fully saturated rings. The van der Waals surface area contributed by atoms with Crippen molar-refractivity contribution >= 4 is 11.9 Å². The van der Waals surface area contributed by atoms with Crippen molar-refractivity contribution in [2.75, 3.05) is 19.8 Å². The van der Waals surface area contributed by atoms with Crippen molar-refractivity contribution in [2.24, 2.45) is 5.92 Å². The van der Waals surface area contributed by atoms with Gasteiger partial charge in [-0.25, -0.2) is 0 Å². The Balaban J connectivity index is 2.04. The maximum Gasteiger partial charge on any atom is 0.312 e. The lowest BCUT2D eigenvalue weighted by Crippen LogP contribution is -2.28. The smallest absolute Gasteiger partial charge is 0.312 e. The zero-order valence-corrected chi connectivity index (χ0v) is 8.70. The van der Waals surface area contributed by atoms with Gasteiger partial charge in [0.25, 0.3) is 0 Å². The number of aliphatic carboxylic acids is 1. The first-order chi connectivity index (χ1) is 7.18. The Labute approximate surface area is 88.8 Å². The van der Waals surface area contributed by atoms with Crippen LogP contribution in [0, 0.1) is 5.92 Å². The number of carbonyl (C=O) groups excluding carboxylic acids is 1. The summed E-state index contributed by atoms with van der Waals surface area (Å²) < 4.78 is 5.21. The molecule has 1 heterocycles. The fraction of sp³-hybridized carbons (Fsp3) is 0.800. The number of carbonyl (C=O) groups is 2. The number of carboxylic acids is 1. The molecule has 1 aliphatic rings. The molecule has 1 rings (SSSR count). The number of nitrogens with one attached hydrogen (secondary N) is 1. The monoisotopic (exact) mass is 215 g/mol. The molecule has 0 aromatic heterocycles. The first-order valence-corrected chi connectivity index (χ1v) is 5.24. The Hall–Kier alpha value is -1.10. The molecular formula is C10H17NO4. The van der Waals surface area contributed by atoms with Crippen molar-refractivity contribution in [3.63, 3.8) is 0 Å². The minimum absolute atomic E-state index is 0.408. The van der Waals surface area contributed by atoms with Crippen LogP contribution in [0.25, 0.3) is 0 Å². The molecule has 1 saturated heterocycles. The molecule has 5 heteroatoms. The second kappa shape index (κ2) is 6.40. The number of rotatable bonds is 5. The van der Waals surface area contributed by atoms with E-state index in [-0.39, 0.29) is 0 Å². The van der Waals surface area contributed by atoms with Crippen LogP contribution >= 0.6 is 0 Å². The lowest BCUT2D eigenvalue weighted by molar-refractivity contribution is -0.140. The molecule has 1 aliphatic heterocycles. The maximum absolute atomic E-state index is 11.0. The molecule has 0 bridgehead atoms. The van der Waals surface area contributed by atoms with Crippen molar-refractivity contribution in [3.8, 4) is 0 Å². The third-order valence-corrected chi connectivity index (χ3v) is 2.53. The average Bonchev–Trinajstić information content (AvgIpc) is 2.18. The van der Waals surface area contributed by atoms with Gasteiger partial charge in [0, 0.05) is 19.8 Å². The van der Waals surface area contributed by atoms with Gasteiger partial charge >= 0.3 is 5.97 Å². The predicted octanol–water partition coefficient (Wildman–Crippen LogP) is 0.394. The van der Waals surface area contributed by atoms with E-state index < -0.39 is 18.3 Å². The van der Waals surface area contributed by atoms with Crippen molar-refractivity contribution in [2.45, 2.75) is 25.7 Å². The summed E-state index contributed by atoms with van der Waals surface area (Å²) in [7, 11) is 0. The number of carboxylic acid groups (broad SMARTS) is 1. The van der Waals surface area contributed by atoms with Crippen LogP contribution in [0.2, 0.25) is 0 Å². The van der Waals surface area contributed by atoms with Gasteiger partial charge in [-0.2, -0.15) is 0 Å². The lowest BCUT2D eigenvalue weighted by Gasteiger charge is -2.21. The van der Waals surface area contributed by atoms with Gasteiger partial charge in [0.1, 0.15) is 6.42 Å². The number of ether oxygens (including phenoxy) is 1. The summed E-state index contributed by atoms with van der Waals surface area (Å²) in [5, 5.41) is 11.0. The highest BCUT2D eigenvalue weighted by atomic mass is 16.5. The zero-order valence-electron chi connectivity index (χ0n) is 8.70. The molecule has 0 aromatic rings. The van der Waals surface area contributed by atoms with E-state index in [2.05, 4.69) is 5.32 Å². The van der Waals surface area contributed by atoms with Gasteiger partial charge in [-0.1, -0.05) is 0 Å². The first-order valence-electron chi connectivity index (χ1n) is 5.24. The summed E-state index contributed by atoms with van der Waals surface area (Å²) in [6, 6.07) is 0. The Morgan fingerprint density at radius 2 is 2.00 bits per heavy atom. The summed E-state index contributed by atoms with van der Waals surface area (Å²) in [5.74, 6) is -0.892. The van der Waals surface area contributed by atoms with Crippen LogP contribution in [-0.2, 0) is 14.3 Å². The third kappa shape index (κ3) is 5.37. The topological polar surface area (TPSA) is 75.6 Å². The molecule has 0 saturated carbocycles. The number of amides is 1. The SMILES string of the molecule is O=C(O)CC(=O)NCCC1CCOCC1. The highest BCUT2D eigenvalue weighted by Crippen LogP contribution is 2.17. The van der Waals surface area contributed by atoms with Crippen molar-refractivity contribution < 1.29 is 19.4 Å². The van der Waals surface area contributed by atoms with Crippen molar-refractivity contribution in [3.05, 3.63) is 0 Å². The van der Waals surface area contributed by atoms with Gasteiger partial charge in [0.05, 0.1) is 0 Å². The summed E-state index contributed by atoms with van der Waals surface area (Å²) in [6.45, 7) is 2.16. The average molecular weight is 215 g/mol. The maximum atomic E-state index is 11.0.